The average Bonchev–Trinajstić information content (AvgIpc) is 2.81. The third-order valence-corrected chi connectivity index (χ3v) is 3.22. The van der Waals surface area contributed by atoms with Crippen LogP contribution in [0.1, 0.15) is 29.7 Å². The van der Waals surface area contributed by atoms with Gasteiger partial charge in [-0.2, -0.15) is 5.10 Å². The number of aryl methyl sites for hydroxylation is 2. The Morgan fingerprint density at radius 1 is 1.42 bits per heavy atom. The summed E-state index contributed by atoms with van der Waals surface area (Å²) >= 11 is 0. The molecular formula is C15H21N3O. The first-order valence-corrected chi connectivity index (χ1v) is 6.45. The molecule has 2 aromatic rings. The van der Waals surface area contributed by atoms with Crippen LogP contribution in [0.4, 0.5) is 0 Å². The van der Waals surface area contributed by atoms with Crippen molar-refractivity contribution >= 4 is 0 Å². The molecule has 0 spiro atoms. The maximum Gasteiger partial charge on any atom is 0.123 e. The van der Waals surface area contributed by atoms with Gasteiger partial charge < -0.3 is 10.1 Å². The summed E-state index contributed by atoms with van der Waals surface area (Å²) in [5.41, 5.74) is 3.61. The molecule has 1 unspecified atom stereocenters. The lowest BCUT2D eigenvalue weighted by atomic mass is 10.0. The molecule has 2 rings (SSSR count). The molecule has 1 atom stereocenters. The van der Waals surface area contributed by atoms with Crippen LogP contribution in [0, 0.1) is 6.92 Å². The molecule has 0 fully saturated rings. The minimum Gasteiger partial charge on any atom is -0.496 e. The molecule has 4 heteroatoms. The fourth-order valence-corrected chi connectivity index (χ4v) is 2.14. The number of ether oxygens (including phenoxy) is 1. The molecule has 102 valence electrons. The van der Waals surface area contributed by atoms with Crippen molar-refractivity contribution in [1.29, 1.82) is 0 Å². The number of nitrogens with zero attached hydrogens (tertiary/aromatic N) is 2. The number of hydrogen-bond donors (Lipinski definition) is 1. The number of benzene rings is 1. The second-order valence-electron chi connectivity index (χ2n) is 4.87. The molecule has 0 aliphatic carbocycles. The van der Waals surface area contributed by atoms with Crippen LogP contribution in [0.3, 0.4) is 0 Å². The summed E-state index contributed by atoms with van der Waals surface area (Å²) in [6.45, 7) is 5.04. The first-order valence-electron chi connectivity index (χ1n) is 6.45. The number of hydrogen-bond acceptors (Lipinski definition) is 3. The minimum absolute atomic E-state index is 0.232. The zero-order valence-corrected chi connectivity index (χ0v) is 12.0. The summed E-state index contributed by atoms with van der Waals surface area (Å²) in [7, 11) is 3.64. The van der Waals surface area contributed by atoms with Crippen LogP contribution >= 0.6 is 0 Å². The van der Waals surface area contributed by atoms with E-state index >= 15 is 0 Å². The third kappa shape index (κ3) is 3.35. The van der Waals surface area contributed by atoms with E-state index in [1.807, 2.05) is 30.2 Å². The molecule has 0 saturated carbocycles. The molecular weight excluding hydrogens is 238 g/mol. The quantitative estimate of drug-likeness (QED) is 0.897. The Balaban J connectivity index is 2.06. The van der Waals surface area contributed by atoms with E-state index in [2.05, 4.69) is 36.4 Å². The topological polar surface area (TPSA) is 39.1 Å². The number of methoxy groups -OCH3 is 1. The first-order chi connectivity index (χ1) is 9.10. The second kappa shape index (κ2) is 5.89. The Hall–Kier alpha value is -1.81. The summed E-state index contributed by atoms with van der Waals surface area (Å²) in [4.78, 5) is 0. The van der Waals surface area contributed by atoms with Crippen molar-refractivity contribution in [3.63, 3.8) is 0 Å². The van der Waals surface area contributed by atoms with Gasteiger partial charge in [0.05, 0.1) is 13.3 Å². The van der Waals surface area contributed by atoms with E-state index in [-0.39, 0.29) is 6.04 Å². The number of nitrogens with one attached hydrogen (secondary N) is 1. The normalized spacial score (nSPS) is 12.4. The van der Waals surface area contributed by atoms with Crippen LogP contribution in [-0.4, -0.2) is 16.9 Å². The maximum atomic E-state index is 5.42. The van der Waals surface area contributed by atoms with Crippen LogP contribution in [0.25, 0.3) is 0 Å². The Morgan fingerprint density at radius 2 is 2.21 bits per heavy atom. The summed E-state index contributed by atoms with van der Waals surface area (Å²) in [6.07, 6.45) is 3.90. The average molecular weight is 259 g/mol. The summed E-state index contributed by atoms with van der Waals surface area (Å²) in [5, 5.41) is 7.66. The molecule has 0 radical (unpaired) electrons. The number of aromatic nitrogens is 2. The molecule has 0 bridgehead atoms. The smallest absolute Gasteiger partial charge is 0.123 e. The highest BCUT2D eigenvalue weighted by Gasteiger charge is 2.11. The van der Waals surface area contributed by atoms with E-state index in [4.69, 9.17) is 4.74 Å². The Labute approximate surface area is 114 Å². The standard InChI is InChI=1S/C15H21N3O/c1-11-5-6-15(19-4)14(7-11)12(2)16-8-13-9-17-18(3)10-13/h5-7,9-10,12,16H,8H2,1-4H3. The van der Waals surface area contributed by atoms with Crippen molar-refractivity contribution < 1.29 is 4.74 Å². The van der Waals surface area contributed by atoms with Crippen LogP contribution in [0.5, 0.6) is 5.75 Å². The van der Waals surface area contributed by atoms with Gasteiger partial charge in [-0.05, 0) is 19.9 Å². The lowest BCUT2D eigenvalue weighted by molar-refractivity contribution is 0.401. The van der Waals surface area contributed by atoms with Crippen molar-refractivity contribution in [2.24, 2.45) is 7.05 Å². The molecule has 1 aromatic heterocycles. The van der Waals surface area contributed by atoms with Gasteiger partial charge in [0, 0.05) is 37.0 Å². The predicted molar refractivity (Wildman–Crippen MR) is 76.2 cm³/mol. The third-order valence-electron chi connectivity index (χ3n) is 3.22. The lowest BCUT2D eigenvalue weighted by Crippen LogP contribution is -2.18. The van der Waals surface area contributed by atoms with Crippen LogP contribution in [0.2, 0.25) is 0 Å². The molecule has 1 aromatic carbocycles. The molecule has 0 saturated heterocycles. The highest BCUT2D eigenvalue weighted by molar-refractivity contribution is 5.38. The zero-order chi connectivity index (χ0) is 13.8. The Morgan fingerprint density at radius 3 is 2.84 bits per heavy atom. The van der Waals surface area contributed by atoms with Crippen LogP contribution in [-0.2, 0) is 13.6 Å². The van der Waals surface area contributed by atoms with Crippen molar-refractivity contribution in [3.8, 4) is 5.75 Å². The lowest BCUT2D eigenvalue weighted by Gasteiger charge is -2.17. The summed E-state index contributed by atoms with van der Waals surface area (Å²) in [6, 6.07) is 6.48. The van der Waals surface area contributed by atoms with E-state index in [0.717, 1.165) is 12.3 Å². The maximum absolute atomic E-state index is 5.42. The summed E-state index contributed by atoms with van der Waals surface area (Å²) < 4.78 is 7.24. The van der Waals surface area contributed by atoms with E-state index in [1.54, 1.807) is 7.11 Å². The van der Waals surface area contributed by atoms with Crippen LogP contribution in [0.15, 0.2) is 30.6 Å². The van der Waals surface area contributed by atoms with Crippen molar-refractivity contribution in [2.45, 2.75) is 26.4 Å². The molecule has 0 amide bonds. The van der Waals surface area contributed by atoms with E-state index in [9.17, 15) is 0 Å². The van der Waals surface area contributed by atoms with E-state index < -0.39 is 0 Å². The molecule has 0 aliphatic heterocycles. The van der Waals surface area contributed by atoms with Gasteiger partial charge in [0.2, 0.25) is 0 Å². The fourth-order valence-electron chi connectivity index (χ4n) is 2.14. The largest absolute Gasteiger partial charge is 0.496 e. The Bertz CT molecular complexity index is 548. The Kier molecular flexibility index (Phi) is 4.22. The molecule has 19 heavy (non-hydrogen) atoms. The van der Waals surface area contributed by atoms with Gasteiger partial charge in [0.25, 0.3) is 0 Å². The monoisotopic (exact) mass is 259 g/mol. The highest BCUT2D eigenvalue weighted by atomic mass is 16.5. The zero-order valence-electron chi connectivity index (χ0n) is 12.0. The van der Waals surface area contributed by atoms with Gasteiger partial charge in [-0.1, -0.05) is 17.7 Å². The molecule has 1 heterocycles. The molecule has 0 aliphatic rings. The number of rotatable bonds is 5. The van der Waals surface area contributed by atoms with Gasteiger partial charge in [0.1, 0.15) is 5.75 Å². The SMILES string of the molecule is COc1ccc(C)cc1C(C)NCc1cnn(C)c1. The highest BCUT2D eigenvalue weighted by Crippen LogP contribution is 2.26. The molecule has 4 nitrogen and oxygen atoms in total. The van der Waals surface area contributed by atoms with Crippen molar-refractivity contribution in [2.75, 3.05) is 7.11 Å². The van der Waals surface area contributed by atoms with Gasteiger partial charge in [0.15, 0.2) is 0 Å². The minimum atomic E-state index is 0.232. The second-order valence-corrected chi connectivity index (χ2v) is 4.87. The fraction of sp³-hybridized carbons (Fsp3) is 0.400. The van der Waals surface area contributed by atoms with Gasteiger partial charge in [-0.15, -0.1) is 0 Å². The van der Waals surface area contributed by atoms with Crippen LogP contribution < -0.4 is 10.1 Å². The van der Waals surface area contributed by atoms with Gasteiger partial charge in [-0.3, -0.25) is 4.68 Å². The van der Waals surface area contributed by atoms with E-state index in [0.29, 0.717) is 0 Å². The summed E-state index contributed by atoms with van der Waals surface area (Å²) in [5.74, 6) is 0.928. The first kappa shape index (κ1) is 13.6. The van der Waals surface area contributed by atoms with E-state index in [1.165, 1.54) is 16.7 Å². The van der Waals surface area contributed by atoms with Crippen molar-refractivity contribution in [3.05, 3.63) is 47.3 Å². The van der Waals surface area contributed by atoms with Crippen molar-refractivity contribution in [1.82, 2.24) is 15.1 Å². The predicted octanol–water partition coefficient (Wildman–Crippen LogP) is 2.59. The molecule has 1 N–H and O–H groups in total. The van der Waals surface area contributed by atoms with Gasteiger partial charge in [-0.25, -0.2) is 0 Å². The van der Waals surface area contributed by atoms with Gasteiger partial charge >= 0.3 is 0 Å².